The molecule has 0 unspecified atom stereocenters. The molecule has 0 saturated heterocycles. The van der Waals surface area contributed by atoms with Crippen molar-refractivity contribution in [2.45, 2.75) is 39.3 Å². The van der Waals surface area contributed by atoms with E-state index >= 15 is 0 Å². The number of ether oxygens (including phenoxy) is 1. The fourth-order valence-electron chi connectivity index (χ4n) is 2.36. The quantitative estimate of drug-likeness (QED) is 0.784. The maximum Gasteiger partial charge on any atom is 0.123 e. The van der Waals surface area contributed by atoms with Gasteiger partial charge in [-0.1, -0.05) is 48.5 Å². The Morgan fingerprint density at radius 3 is 2.48 bits per heavy atom. The van der Waals surface area contributed by atoms with Gasteiger partial charge >= 0.3 is 0 Å². The van der Waals surface area contributed by atoms with Crippen LogP contribution in [-0.4, -0.2) is 12.6 Å². The first kappa shape index (κ1) is 15.6. The zero-order chi connectivity index (χ0) is 14.9. The van der Waals surface area contributed by atoms with Crippen LogP contribution in [0.1, 0.15) is 31.4 Å². The zero-order valence-corrected chi connectivity index (χ0v) is 13.0. The molecule has 2 aromatic carbocycles. The number of benzene rings is 2. The Morgan fingerprint density at radius 2 is 1.71 bits per heavy atom. The molecule has 0 aliphatic carbocycles. The molecule has 0 radical (unpaired) electrons. The van der Waals surface area contributed by atoms with Crippen molar-refractivity contribution in [1.29, 1.82) is 0 Å². The Morgan fingerprint density at radius 1 is 1.00 bits per heavy atom. The number of para-hydroxylation sites is 1. The van der Waals surface area contributed by atoms with E-state index in [0.717, 1.165) is 25.1 Å². The van der Waals surface area contributed by atoms with E-state index in [2.05, 4.69) is 54.7 Å². The standard InChI is InChI=1S/C19H25NO/c1-3-21-19-12-8-7-11-18(19)15-20-16(2)13-14-17-9-5-4-6-10-17/h4-12,16,20H,3,13-15H2,1-2H3/t16-/m0/s1. The first-order valence-corrected chi connectivity index (χ1v) is 7.77. The van der Waals surface area contributed by atoms with E-state index < -0.39 is 0 Å². The highest BCUT2D eigenvalue weighted by Crippen LogP contribution is 2.18. The van der Waals surface area contributed by atoms with Crippen molar-refractivity contribution in [2.24, 2.45) is 0 Å². The maximum absolute atomic E-state index is 5.66. The molecule has 1 atom stereocenters. The van der Waals surface area contributed by atoms with Crippen LogP contribution < -0.4 is 10.1 Å². The molecule has 1 N–H and O–H groups in total. The molecule has 2 nitrogen and oxygen atoms in total. The van der Waals surface area contributed by atoms with Crippen LogP contribution in [-0.2, 0) is 13.0 Å². The number of rotatable bonds is 8. The molecular formula is C19H25NO. The van der Waals surface area contributed by atoms with Crippen LogP contribution in [0.15, 0.2) is 54.6 Å². The van der Waals surface area contributed by atoms with E-state index in [1.54, 1.807) is 0 Å². The SMILES string of the molecule is CCOc1ccccc1CN[C@@H](C)CCc1ccccc1. The Hall–Kier alpha value is -1.80. The summed E-state index contributed by atoms with van der Waals surface area (Å²) in [5, 5.41) is 3.59. The topological polar surface area (TPSA) is 21.3 Å². The molecular weight excluding hydrogens is 258 g/mol. The Labute approximate surface area is 128 Å². The lowest BCUT2D eigenvalue weighted by atomic mass is 10.1. The minimum atomic E-state index is 0.486. The van der Waals surface area contributed by atoms with Crippen LogP contribution in [0.3, 0.4) is 0 Å². The summed E-state index contributed by atoms with van der Waals surface area (Å²) in [6.07, 6.45) is 2.25. The molecule has 0 saturated carbocycles. The van der Waals surface area contributed by atoms with Crippen LogP contribution in [0.2, 0.25) is 0 Å². The summed E-state index contributed by atoms with van der Waals surface area (Å²) < 4.78 is 5.66. The van der Waals surface area contributed by atoms with Crippen molar-refractivity contribution in [3.63, 3.8) is 0 Å². The minimum absolute atomic E-state index is 0.486. The van der Waals surface area contributed by atoms with Crippen molar-refractivity contribution in [3.05, 3.63) is 65.7 Å². The molecule has 0 fully saturated rings. The summed E-state index contributed by atoms with van der Waals surface area (Å²) in [4.78, 5) is 0. The molecule has 112 valence electrons. The Kier molecular flexibility index (Phi) is 6.29. The molecule has 0 aliphatic rings. The van der Waals surface area contributed by atoms with Crippen LogP contribution in [0.25, 0.3) is 0 Å². The first-order valence-electron chi connectivity index (χ1n) is 7.77. The normalized spacial score (nSPS) is 12.1. The highest BCUT2D eigenvalue weighted by Gasteiger charge is 2.05. The fraction of sp³-hybridized carbons (Fsp3) is 0.368. The van der Waals surface area contributed by atoms with Gasteiger partial charge in [0, 0.05) is 18.2 Å². The highest BCUT2D eigenvalue weighted by molar-refractivity contribution is 5.33. The van der Waals surface area contributed by atoms with Gasteiger partial charge in [0.05, 0.1) is 6.61 Å². The molecule has 0 bridgehead atoms. The molecule has 2 rings (SSSR count). The molecule has 2 heteroatoms. The van der Waals surface area contributed by atoms with Crippen LogP contribution in [0.5, 0.6) is 5.75 Å². The summed E-state index contributed by atoms with van der Waals surface area (Å²) in [6.45, 7) is 5.83. The third kappa shape index (κ3) is 5.24. The smallest absolute Gasteiger partial charge is 0.123 e. The molecule has 21 heavy (non-hydrogen) atoms. The van der Waals surface area contributed by atoms with Crippen molar-refractivity contribution in [3.8, 4) is 5.75 Å². The van der Waals surface area contributed by atoms with Gasteiger partial charge in [-0.05, 0) is 38.3 Å². The Bertz CT molecular complexity index is 524. The van der Waals surface area contributed by atoms with Gasteiger partial charge in [0.25, 0.3) is 0 Å². The molecule has 0 aromatic heterocycles. The average Bonchev–Trinajstić information content (AvgIpc) is 2.53. The number of hydrogen-bond acceptors (Lipinski definition) is 2. The molecule has 2 aromatic rings. The second kappa shape index (κ2) is 8.48. The average molecular weight is 283 g/mol. The van der Waals surface area contributed by atoms with Gasteiger partial charge in [-0.25, -0.2) is 0 Å². The highest BCUT2D eigenvalue weighted by atomic mass is 16.5. The molecule has 0 heterocycles. The predicted octanol–water partition coefficient (Wildman–Crippen LogP) is 4.20. The van der Waals surface area contributed by atoms with E-state index in [1.807, 2.05) is 19.1 Å². The lowest BCUT2D eigenvalue weighted by Crippen LogP contribution is -2.26. The van der Waals surface area contributed by atoms with Crippen molar-refractivity contribution in [2.75, 3.05) is 6.61 Å². The zero-order valence-electron chi connectivity index (χ0n) is 13.0. The summed E-state index contributed by atoms with van der Waals surface area (Å²) in [5.74, 6) is 0.989. The third-order valence-corrected chi connectivity index (χ3v) is 3.62. The van der Waals surface area contributed by atoms with E-state index in [1.165, 1.54) is 11.1 Å². The van der Waals surface area contributed by atoms with E-state index in [4.69, 9.17) is 4.74 Å². The van der Waals surface area contributed by atoms with Crippen LogP contribution in [0, 0.1) is 0 Å². The van der Waals surface area contributed by atoms with Crippen molar-refractivity contribution < 1.29 is 4.74 Å². The predicted molar refractivity (Wildman–Crippen MR) is 88.7 cm³/mol. The molecule has 0 spiro atoms. The van der Waals surface area contributed by atoms with Gasteiger partial charge in [-0.15, -0.1) is 0 Å². The number of aryl methyl sites for hydroxylation is 1. The summed E-state index contributed by atoms with van der Waals surface area (Å²) >= 11 is 0. The van der Waals surface area contributed by atoms with E-state index in [9.17, 15) is 0 Å². The lowest BCUT2D eigenvalue weighted by molar-refractivity contribution is 0.334. The Balaban J connectivity index is 1.80. The van der Waals surface area contributed by atoms with E-state index in [0.29, 0.717) is 12.6 Å². The largest absolute Gasteiger partial charge is 0.494 e. The number of nitrogens with one attached hydrogen (secondary N) is 1. The molecule has 0 amide bonds. The van der Waals surface area contributed by atoms with Crippen molar-refractivity contribution in [1.82, 2.24) is 5.32 Å². The first-order chi connectivity index (χ1) is 10.3. The molecule has 0 aliphatic heterocycles. The summed E-state index contributed by atoms with van der Waals surface area (Å²) in [6, 6.07) is 19.4. The monoisotopic (exact) mass is 283 g/mol. The third-order valence-electron chi connectivity index (χ3n) is 3.62. The van der Waals surface area contributed by atoms with Gasteiger partial charge in [0.15, 0.2) is 0 Å². The van der Waals surface area contributed by atoms with Gasteiger partial charge in [0.2, 0.25) is 0 Å². The van der Waals surface area contributed by atoms with Crippen LogP contribution in [0.4, 0.5) is 0 Å². The van der Waals surface area contributed by atoms with Gasteiger partial charge in [0.1, 0.15) is 5.75 Å². The second-order valence-corrected chi connectivity index (χ2v) is 5.35. The van der Waals surface area contributed by atoms with Crippen molar-refractivity contribution >= 4 is 0 Å². The number of hydrogen-bond donors (Lipinski definition) is 1. The maximum atomic E-state index is 5.66. The van der Waals surface area contributed by atoms with E-state index in [-0.39, 0.29) is 0 Å². The van der Waals surface area contributed by atoms with Gasteiger partial charge < -0.3 is 10.1 Å². The summed E-state index contributed by atoms with van der Waals surface area (Å²) in [5.41, 5.74) is 2.63. The lowest BCUT2D eigenvalue weighted by Gasteiger charge is -2.16. The van der Waals surface area contributed by atoms with Crippen LogP contribution >= 0.6 is 0 Å². The fourth-order valence-corrected chi connectivity index (χ4v) is 2.36. The van der Waals surface area contributed by atoms with Gasteiger partial charge in [-0.2, -0.15) is 0 Å². The van der Waals surface area contributed by atoms with Gasteiger partial charge in [-0.3, -0.25) is 0 Å². The second-order valence-electron chi connectivity index (χ2n) is 5.35. The minimum Gasteiger partial charge on any atom is -0.494 e. The summed E-state index contributed by atoms with van der Waals surface area (Å²) in [7, 11) is 0.